The molecule has 2 N–H and O–H groups in total. The first-order valence-corrected chi connectivity index (χ1v) is 11.1. The van der Waals surface area contributed by atoms with Crippen LogP contribution in [0, 0.1) is 0 Å². The van der Waals surface area contributed by atoms with E-state index in [1.54, 1.807) is 0 Å². The van der Waals surface area contributed by atoms with Crippen molar-refractivity contribution in [3.05, 3.63) is 34.9 Å². The molecule has 1 aromatic rings. The van der Waals surface area contributed by atoms with Gasteiger partial charge in [0.05, 0.1) is 23.9 Å². The summed E-state index contributed by atoms with van der Waals surface area (Å²) in [4.78, 5) is 2.07. The van der Waals surface area contributed by atoms with Crippen LogP contribution in [0.5, 0.6) is 0 Å². The molecule has 1 heterocycles. The number of rotatable bonds is 3. The SMILES string of the molecule is CC(C)(C)OC(O)N1C(C)(C)OC[C@]12CC[C@H](c1ccc3c(c1)CCC(O)C3)C2. The lowest BCUT2D eigenvalue weighted by Gasteiger charge is -2.44. The minimum absolute atomic E-state index is 0.196. The normalized spacial score (nSPS) is 33.2. The summed E-state index contributed by atoms with van der Waals surface area (Å²) >= 11 is 0. The Morgan fingerprint density at radius 3 is 2.69 bits per heavy atom. The van der Waals surface area contributed by atoms with E-state index in [4.69, 9.17) is 9.47 Å². The van der Waals surface area contributed by atoms with Gasteiger partial charge in [-0.15, -0.1) is 0 Å². The topological polar surface area (TPSA) is 62.2 Å². The van der Waals surface area contributed by atoms with E-state index in [1.807, 2.05) is 34.6 Å². The number of nitrogens with zero attached hydrogens (tertiary/aromatic N) is 1. The second kappa shape index (κ2) is 7.31. The van der Waals surface area contributed by atoms with Gasteiger partial charge in [0.15, 0.2) is 0 Å². The van der Waals surface area contributed by atoms with Gasteiger partial charge < -0.3 is 19.7 Å². The van der Waals surface area contributed by atoms with E-state index in [2.05, 4.69) is 23.1 Å². The molecule has 1 saturated heterocycles. The molecular weight excluding hydrogens is 366 g/mol. The van der Waals surface area contributed by atoms with Crippen LogP contribution in [0.4, 0.5) is 0 Å². The molecule has 0 radical (unpaired) electrons. The minimum Gasteiger partial charge on any atom is -0.393 e. The van der Waals surface area contributed by atoms with Crippen LogP contribution >= 0.6 is 0 Å². The van der Waals surface area contributed by atoms with Crippen molar-refractivity contribution in [2.45, 2.75) is 108 Å². The van der Waals surface area contributed by atoms with Gasteiger partial charge in [0, 0.05) is 0 Å². The van der Waals surface area contributed by atoms with Crippen molar-refractivity contribution < 1.29 is 19.7 Å². The zero-order valence-corrected chi connectivity index (χ0v) is 18.6. The molecule has 3 aliphatic rings. The molecule has 5 nitrogen and oxygen atoms in total. The Morgan fingerprint density at radius 2 is 1.97 bits per heavy atom. The highest BCUT2D eigenvalue weighted by Crippen LogP contribution is 2.51. The molecule has 0 bridgehead atoms. The van der Waals surface area contributed by atoms with Crippen LogP contribution in [-0.2, 0) is 22.3 Å². The van der Waals surface area contributed by atoms with E-state index in [0.29, 0.717) is 12.5 Å². The molecule has 2 fully saturated rings. The fraction of sp³-hybridized carbons (Fsp3) is 0.750. The summed E-state index contributed by atoms with van der Waals surface area (Å²) in [6.07, 6.45) is 4.44. The van der Waals surface area contributed by atoms with Crippen molar-refractivity contribution in [1.29, 1.82) is 0 Å². The molecule has 1 aromatic carbocycles. The van der Waals surface area contributed by atoms with Crippen molar-refractivity contribution >= 4 is 0 Å². The molecule has 0 amide bonds. The number of aryl methyl sites for hydroxylation is 1. The monoisotopic (exact) mass is 403 g/mol. The number of aliphatic hydroxyl groups is 2. The van der Waals surface area contributed by atoms with Gasteiger partial charge in [-0.05, 0) is 95.8 Å². The summed E-state index contributed by atoms with van der Waals surface area (Å²) in [7, 11) is 0. The van der Waals surface area contributed by atoms with E-state index in [9.17, 15) is 10.2 Å². The maximum atomic E-state index is 11.0. The number of benzene rings is 1. The first-order chi connectivity index (χ1) is 13.5. The van der Waals surface area contributed by atoms with Crippen molar-refractivity contribution in [3.8, 4) is 0 Å². The van der Waals surface area contributed by atoms with Crippen molar-refractivity contribution in [3.63, 3.8) is 0 Å². The van der Waals surface area contributed by atoms with E-state index in [1.165, 1.54) is 16.7 Å². The van der Waals surface area contributed by atoms with Gasteiger partial charge in [-0.3, -0.25) is 0 Å². The molecule has 162 valence electrons. The van der Waals surface area contributed by atoms with Crippen LogP contribution < -0.4 is 0 Å². The number of hydrogen-bond acceptors (Lipinski definition) is 5. The molecule has 1 aliphatic heterocycles. The molecule has 2 aliphatic carbocycles. The van der Waals surface area contributed by atoms with Gasteiger partial charge in [0.2, 0.25) is 6.41 Å². The van der Waals surface area contributed by atoms with E-state index in [-0.39, 0.29) is 11.6 Å². The van der Waals surface area contributed by atoms with Crippen LogP contribution in [0.25, 0.3) is 0 Å². The van der Waals surface area contributed by atoms with Crippen LogP contribution in [0.2, 0.25) is 0 Å². The summed E-state index contributed by atoms with van der Waals surface area (Å²) in [6, 6.07) is 6.81. The maximum absolute atomic E-state index is 11.0. The Morgan fingerprint density at radius 1 is 1.21 bits per heavy atom. The van der Waals surface area contributed by atoms with Crippen molar-refractivity contribution in [2.24, 2.45) is 0 Å². The molecule has 1 spiro atoms. The van der Waals surface area contributed by atoms with Gasteiger partial charge in [-0.1, -0.05) is 18.2 Å². The minimum atomic E-state index is -0.990. The number of fused-ring (bicyclic) bond motifs is 1. The Bertz CT molecular complexity index is 756. The average Bonchev–Trinajstić information content (AvgIpc) is 3.14. The Hall–Kier alpha value is -0.980. The number of hydrogen-bond donors (Lipinski definition) is 2. The summed E-state index contributed by atoms with van der Waals surface area (Å²) in [5.74, 6) is 0.453. The fourth-order valence-electron chi connectivity index (χ4n) is 5.64. The van der Waals surface area contributed by atoms with Crippen LogP contribution in [0.1, 0.15) is 82.9 Å². The van der Waals surface area contributed by atoms with E-state index >= 15 is 0 Å². The van der Waals surface area contributed by atoms with Crippen molar-refractivity contribution in [1.82, 2.24) is 4.90 Å². The lowest BCUT2D eigenvalue weighted by molar-refractivity contribution is -0.287. The summed E-state index contributed by atoms with van der Waals surface area (Å²) in [6.45, 7) is 10.6. The van der Waals surface area contributed by atoms with Gasteiger partial charge in [-0.2, -0.15) is 0 Å². The molecule has 2 unspecified atom stereocenters. The molecular formula is C24H37NO4. The number of ether oxygens (including phenoxy) is 2. The Labute approximate surface area is 175 Å². The Balaban J connectivity index is 1.56. The van der Waals surface area contributed by atoms with Crippen LogP contribution in [-0.4, -0.2) is 51.1 Å². The van der Waals surface area contributed by atoms with Gasteiger partial charge >= 0.3 is 0 Å². The fourth-order valence-corrected chi connectivity index (χ4v) is 5.64. The predicted octanol–water partition coefficient (Wildman–Crippen LogP) is 3.70. The predicted molar refractivity (Wildman–Crippen MR) is 113 cm³/mol. The average molecular weight is 404 g/mol. The third kappa shape index (κ3) is 4.13. The second-order valence-electron chi connectivity index (χ2n) is 10.8. The highest BCUT2D eigenvalue weighted by Gasteiger charge is 2.58. The lowest BCUT2D eigenvalue weighted by Crippen LogP contribution is -2.58. The lowest BCUT2D eigenvalue weighted by atomic mass is 9.85. The molecule has 29 heavy (non-hydrogen) atoms. The first kappa shape index (κ1) is 21.3. The van der Waals surface area contributed by atoms with E-state index < -0.39 is 17.7 Å². The molecule has 1 saturated carbocycles. The smallest absolute Gasteiger partial charge is 0.219 e. The molecule has 0 aromatic heterocycles. The van der Waals surface area contributed by atoms with E-state index in [0.717, 1.165) is 38.5 Å². The largest absolute Gasteiger partial charge is 0.393 e. The van der Waals surface area contributed by atoms with Gasteiger partial charge in [0.25, 0.3) is 0 Å². The van der Waals surface area contributed by atoms with Crippen LogP contribution in [0.15, 0.2) is 18.2 Å². The first-order valence-electron chi connectivity index (χ1n) is 11.1. The third-order valence-electron chi connectivity index (χ3n) is 6.95. The summed E-state index contributed by atoms with van der Waals surface area (Å²) < 4.78 is 12.1. The molecule has 4 rings (SSSR count). The zero-order valence-electron chi connectivity index (χ0n) is 18.6. The second-order valence-corrected chi connectivity index (χ2v) is 10.8. The zero-order chi connectivity index (χ0) is 21.0. The third-order valence-corrected chi connectivity index (χ3v) is 6.95. The quantitative estimate of drug-likeness (QED) is 0.754. The van der Waals surface area contributed by atoms with Crippen LogP contribution in [0.3, 0.4) is 0 Å². The van der Waals surface area contributed by atoms with Gasteiger partial charge in [-0.25, -0.2) is 4.90 Å². The van der Waals surface area contributed by atoms with Gasteiger partial charge in [0.1, 0.15) is 5.72 Å². The molecule has 5 heteroatoms. The summed E-state index contributed by atoms with van der Waals surface area (Å²) in [5, 5.41) is 20.9. The molecule has 4 atom stereocenters. The standard InChI is InChI=1S/C24H37NO4/c1-22(2,3)29-21(27)25-23(4,5)28-15-24(25)11-10-19(14-24)17-6-7-18-13-20(26)9-8-16(18)12-17/h6-7,12,19-21,26-27H,8-11,13-15H2,1-5H3/t19-,20?,21?,24+/m0/s1. The maximum Gasteiger partial charge on any atom is 0.219 e. The van der Waals surface area contributed by atoms with Crippen molar-refractivity contribution in [2.75, 3.05) is 6.61 Å². The highest BCUT2D eigenvalue weighted by molar-refractivity contribution is 5.37. The Kier molecular flexibility index (Phi) is 5.36. The number of aliphatic hydroxyl groups excluding tert-OH is 2. The highest BCUT2D eigenvalue weighted by atomic mass is 16.7. The summed E-state index contributed by atoms with van der Waals surface area (Å²) in [5.41, 5.74) is 2.87.